The van der Waals surface area contributed by atoms with Crippen LogP contribution in [0.3, 0.4) is 0 Å². The second-order valence-electron chi connectivity index (χ2n) is 3.67. The molecule has 0 aliphatic rings. The first-order chi connectivity index (χ1) is 8.82. The number of hydrogen-bond acceptors (Lipinski definition) is 2. The van der Waals surface area contributed by atoms with E-state index in [0.29, 0.717) is 0 Å². The zero-order chi connectivity index (χ0) is 14.5. The van der Waals surface area contributed by atoms with E-state index in [0.717, 1.165) is 12.1 Å². The predicted molar refractivity (Wildman–Crippen MR) is 64.8 cm³/mol. The molecule has 0 bridgehead atoms. The van der Waals surface area contributed by atoms with E-state index in [1.165, 1.54) is 32.0 Å². The van der Waals surface area contributed by atoms with Crippen molar-refractivity contribution in [3.63, 3.8) is 0 Å². The van der Waals surface area contributed by atoms with Crippen LogP contribution in [0.4, 0.5) is 17.6 Å². The van der Waals surface area contributed by atoms with Crippen molar-refractivity contribution in [1.82, 2.24) is 0 Å². The summed E-state index contributed by atoms with van der Waals surface area (Å²) in [5.41, 5.74) is -1.02. The number of benzene rings is 1. The van der Waals surface area contributed by atoms with Crippen LogP contribution in [0.2, 0.25) is 0 Å². The Balaban J connectivity index is 2.89. The highest BCUT2D eigenvalue weighted by atomic mass is 19.4. The molecule has 0 saturated heterocycles. The van der Waals surface area contributed by atoms with Crippen LogP contribution < -0.4 is 4.74 Å². The minimum Gasteiger partial charge on any atom is -0.462 e. The number of halogens is 4. The molecule has 2 nitrogen and oxygen atoms in total. The summed E-state index contributed by atoms with van der Waals surface area (Å²) in [5.74, 6) is -0.412. The van der Waals surface area contributed by atoms with Crippen LogP contribution in [0.15, 0.2) is 41.1 Å². The van der Waals surface area contributed by atoms with Crippen LogP contribution in [-0.2, 0) is 0 Å². The van der Waals surface area contributed by atoms with Gasteiger partial charge in [0.15, 0.2) is 0 Å². The van der Waals surface area contributed by atoms with Crippen molar-refractivity contribution in [2.24, 2.45) is 4.99 Å². The van der Waals surface area contributed by atoms with Crippen molar-refractivity contribution in [3.05, 3.63) is 41.9 Å². The van der Waals surface area contributed by atoms with E-state index < -0.39 is 17.7 Å². The van der Waals surface area contributed by atoms with E-state index in [1.54, 1.807) is 0 Å². The minimum absolute atomic E-state index is 0.0125. The van der Waals surface area contributed by atoms with Crippen molar-refractivity contribution >= 4 is 5.71 Å². The lowest BCUT2D eigenvalue weighted by Crippen LogP contribution is -2.22. The van der Waals surface area contributed by atoms with Crippen LogP contribution in [0.1, 0.15) is 13.8 Å². The lowest BCUT2D eigenvalue weighted by molar-refractivity contribution is -0.0579. The maximum Gasteiger partial charge on any atom is 0.433 e. The SMILES string of the molecule is CCN=C(/C=C(\C)Oc1cccc(F)c1)C(F)(F)F. The first kappa shape index (κ1) is 15.2. The van der Waals surface area contributed by atoms with Gasteiger partial charge in [-0.2, -0.15) is 13.2 Å². The van der Waals surface area contributed by atoms with Gasteiger partial charge in [-0.25, -0.2) is 4.39 Å². The van der Waals surface area contributed by atoms with Gasteiger partial charge in [-0.1, -0.05) is 6.07 Å². The van der Waals surface area contributed by atoms with Gasteiger partial charge in [-0.05, 0) is 26.0 Å². The summed E-state index contributed by atoms with van der Waals surface area (Å²) in [6.07, 6.45) is -3.75. The fourth-order valence-electron chi connectivity index (χ4n) is 1.33. The van der Waals surface area contributed by atoms with Crippen molar-refractivity contribution in [3.8, 4) is 5.75 Å². The summed E-state index contributed by atoms with van der Waals surface area (Å²) in [6, 6.07) is 5.15. The fraction of sp³-hybridized carbons (Fsp3) is 0.308. The standard InChI is InChI=1S/C13H13F4NO/c1-3-18-12(13(15,16)17)7-9(2)19-11-6-4-5-10(14)8-11/h4-8H,3H2,1-2H3/b9-7+,18-12?. The molecule has 6 heteroatoms. The average molecular weight is 275 g/mol. The molecule has 0 atom stereocenters. The number of ether oxygens (including phenoxy) is 1. The second-order valence-corrected chi connectivity index (χ2v) is 3.67. The number of hydrogen-bond donors (Lipinski definition) is 0. The third kappa shape index (κ3) is 5.11. The Kier molecular flexibility index (Phi) is 5.09. The van der Waals surface area contributed by atoms with Gasteiger partial charge in [0.25, 0.3) is 0 Å². The molecule has 0 radical (unpaired) electrons. The van der Waals surface area contributed by atoms with Gasteiger partial charge in [0.05, 0.1) is 0 Å². The summed E-state index contributed by atoms with van der Waals surface area (Å²) in [7, 11) is 0. The van der Waals surface area contributed by atoms with Gasteiger partial charge in [-0.3, -0.25) is 4.99 Å². The number of rotatable bonds is 4. The molecule has 0 amide bonds. The number of nitrogens with zero attached hydrogens (tertiary/aromatic N) is 1. The molecule has 0 N–H and O–H groups in total. The molecule has 0 aliphatic heterocycles. The van der Waals surface area contributed by atoms with Crippen LogP contribution in [-0.4, -0.2) is 18.4 Å². The van der Waals surface area contributed by atoms with E-state index in [-0.39, 0.29) is 18.1 Å². The van der Waals surface area contributed by atoms with Crippen molar-refractivity contribution in [2.75, 3.05) is 6.54 Å². The molecule has 1 aromatic carbocycles. The Morgan fingerprint density at radius 2 is 2.05 bits per heavy atom. The van der Waals surface area contributed by atoms with E-state index >= 15 is 0 Å². The van der Waals surface area contributed by atoms with Crippen LogP contribution in [0.25, 0.3) is 0 Å². The first-order valence-corrected chi connectivity index (χ1v) is 5.56. The van der Waals surface area contributed by atoms with E-state index in [9.17, 15) is 17.6 Å². The largest absolute Gasteiger partial charge is 0.462 e. The predicted octanol–water partition coefficient (Wildman–Crippen LogP) is 4.13. The molecule has 0 aromatic heterocycles. The summed E-state index contributed by atoms with van der Waals surface area (Å²) < 4.78 is 55.7. The van der Waals surface area contributed by atoms with Gasteiger partial charge < -0.3 is 4.74 Å². The summed E-state index contributed by atoms with van der Waals surface area (Å²) >= 11 is 0. The zero-order valence-corrected chi connectivity index (χ0v) is 10.5. The number of aliphatic imine (C=N–C) groups is 1. The first-order valence-electron chi connectivity index (χ1n) is 5.56. The summed E-state index contributed by atoms with van der Waals surface area (Å²) in [6.45, 7) is 2.86. The molecule has 104 valence electrons. The van der Waals surface area contributed by atoms with Gasteiger partial charge in [0, 0.05) is 18.7 Å². The van der Waals surface area contributed by atoms with Crippen LogP contribution >= 0.6 is 0 Å². The molecule has 0 saturated carbocycles. The Labute approximate surface area is 108 Å². The minimum atomic E-state index is -4.54. The summed E-state index contributed by atoms with van der Waals surface area (Å²) in [4.78, 5) is 3.36. The monoisotopic (exact) mass is 275 g/mol. The van der Waals surface area contributed by atoms with Crippen LogP contribution in [0.5, 0.6) is 5.75 Å². The molecule has 0 unspecified atom stereocenters. The van der Waals surface area contributed by atoms with E-state index in [1.807, 2.05) is 0 Å². The highest BCUT2D eigenvalue weighted by Crippen LogP contribution is 2.21. The maximum absolute atomic E-state index is 12.9. The highest BCUT2D eigenvalue weighted by Gasteiger charge is 2.34. The zero-order valence-electron chi connectivity index (χ0n) is 10.5. The van der Waals surface area contributed by atoms with E-state index in [2.05, 4.69) is 4.99 Å². The number of alkyl halides is 3. The normalized spacial score (nSPS) is 13.6. The molecule has 19 heavy (non-hydrogen) atoms. The van der Waals surface area contributed by atoms with Crippen LogP contribution in [0, 0.1) is 5.82 Å². The van der Waals surface area contributed by atoms with Crippen molar-refractivity contribution in [1.29, 1.82) is 0 Å². The average Bonchev–Trinajstić information content (AvgIpc) is 2.27. The molecule has 0 heterocycles. The molecular formula is C13H13F4NO. The molecule has 1 rings (SSSR count). The summed E-state index contributed by atoms with van der Waals surface area (Å²) in [5, 5.41) is 0. The molecule has 0 aliphatic carbocycles. The topological polar surface area (TPSA) is 21.6 Å². The molecular weight excluding hydrogens is 262 g/mol. The third-order valence-electron chi connectivity index (χ3n) is 2.03. The van der Waals surface area contributed by atoms with E-state index in [4.69, 9.17) is 4.74 Å². The quantitative estimate of drug-likeness (QED) is 0.460. The van der Waals surface area contributed by atoms with Crippen molar-refractivity contribution < 1.29 is 22.3 Å². The third-order valence-corrected chi connectivity index (χ3v) is 2.03. The molecule has 1 aromatic rings. The Morgan fingerprint density at radius 3 is 2.58 bits per heavy atom. The second kappa shape index (κ2) is 6.36. The Bertz CT molecular complexity index is 492. The van der Waals surface area contributed by atoms with Gasteiger partial charge in [0.2, 0.25) is 0 Å². The van der Waals surface area contributed by atoms with Crippen molar-refractivity contribution in [2.45, 2.75) is 20.0 Å². The lowest BCUT2D eigenvalue weighted by Gasteiger charge is -2.09. The molecule has 0 fully saturated rings. The Hall–Kier alpha value is -1.85. The fourth-order valence-corrected chi connectivity index (χ4v) is 1.33. The van der Waals surface area contributed by atoms with Gasteiger partial charge in [-0.15, -0.1) is 0 Å². The van der Waals surface area contributed by atoms with Gasteiger partial charge >= 0.3 is 6.18 Å². The Morgan fingerprint density at radius 1 is 1.37 bits per heavy atom. The lowest BCUT2D eigenvalue weighted by atomic mass is 10.3. The smallest absolute Gasteiger partial charge is 0.433 e. The highest BCUT2D eigenvalue weighted by molar-refractivity contribution is 5.99. The molecule has 0 spiro atoms. The number of allylic oxidation sites excluding steroid dienone is 2. The maximum atomic E-state index is 12.9. The van der Waals surface area contributed by atoms with Gasteiger partial charge in [0.1, 0.15) is 23.0 Å².